The molecule has 0 radical (unpaired) electrons. The van der Waals surface area contributed by atoms with E-state index in [0.717, 1.165) is 56.4 Å². The Morgan fingerprint density at radius 3 is 2.96 bits per heavy atom. The van der Waals surface area contributed by atoms with E-state index >= 15 is 0 Å². The van der Waals surface area contributed by atoms with Crippen molar-refractivity contribution in [2.45, 2.75) is 45.4 Å². The summed E-state index contributed by atoms with van der Waals surface area (Å²) in [5.41, 5.74) is 3.12. The Bertz CT molecular complexity index is 797. The minimum absolute atomic E-state index is 0.128. The molecule has 7 heteroatoms. The van der Waals surface area contributed by atoms with Crippen LogP contribution in [-0.4, -0.2) is 65.3 Å². The predicted octanol–water partition coefficient (Wildman–Crippen LogP) is 1.99. The number of aliphatic imine (C=N–C) groups is 1. The number of aryl methyl sites for hydroxylation is 1. The first-order chi connectivity index (χ1) is 13.2. The van der Waals surface area contributed by atoms with Crippen LogP contribution in [0.2, 0.25) is 0 Å². The van der Waals surface area contributed by atoms with Crippen molar-refractivity contribution in [3.63, 3.8) is 0 Å². The number of rotatable bonds is 4. The van der Waals surface area contributed by atoms with E-state index in [4.69, 9.17) is 19.5 Å². The quantitative estimate of drug-likeness (QED) is 0.658. The van der Waals surface area contributed by atoms with Gasteiger partial charge in [-0.1, -0.05) is 6.07 Å². The molecule has 2 aliphatic rings. The molecular formula is C20H29N5O2. The monoisotopic (exact) mass is 371 g/mol. The van der Waals surface area contributed by atoms with Crippen molar-refractivity contribution in [3.8, 4) is 0 Å². The lowest BCUT2D eigenvalue weighted by Crippen LogP contribution is -2.53. The van der Waals surface area contributed by atoms with Crippen molar-refractivity contribution >= 4 is 11.6 Å². The summed E-state index contributed by atoms with van der Waals surface area (Å²) in [7, 11) is 0. The number of ether oxygens (including phenoxy) is 2. The number of nitrogens with one attached hydrogen (secondary N) is 1. The van der Waals surface area contributed by atoms with Gasteiger partial charge in [-0.05, 0) is 38.8 Å². The molecule has 0 spiro atoms. The van der Waals surface area contributed by atoms with Crippen LogP contribution in [0.4, 0.5) is 0 Å². The Labute approximate surface area is 160 Å². The van der Waals surface area contributed by atoms with Crippen molar-refractivity contribution in [2.75, 3.05) is 32.8 Å². The lowest BCUT2D eigenvalue weighted by Gasteiger charge is -2.37. The van der Waals surface area contributed by atoms with Gasteiger partial charge < -0.3 is 24.1 Å². The highest BCUT2D eigenvalue weighted by Gasteiger charge is 2.32. The van der Waals surface area contributed by atoms with Gasteiger partial charge in [0, 0.05) is 38.1 Å². The normalized spacial score (nSPS) is 23.9. The fourth-order valence-corrected chi connectivity index (χ4v) is 3.85. The molecule has 27 heavy (non-hydrogen) atoms. The molecule has 1 N–H and O–H groups in total. The molecule has 2 fully saturated rings. The molecule has 2 aliphatic heterocycles. The maximum Gasteiger partial charge on any atom is 0.194 e. The van der Waals surface area contributed by atoms with Crippen LogP contribution in [0, 0.1) is 6.92 Å². The van der Waals surface area contributed by atoms with Gasteiger partial charge in [-0.15, -0.1) is 0 Å². The van der Waals surface area contributed by atoms with Crippen molar-refractivity contribution < 1.29 is 9.47 Å². The van der Waals surface area contributed by atoms with E-state index in [9.17, 15) is 0 Å². The highest BCUT2D eigenvalue weighted by atomic mass is 16.5. The first kappa shape index (κ1) is 18.3. The second kappa shape index (κ2) is 8.27. The summed E-state index contributed by atoms with van der Waals surface area (Å²) in [5.74, 6) is 0.928. The molecule has 7 nitrogen and oxygen atoms in total. The van der Waals surface area contributed by atoms with Gasteiger partial charge in [-0.25, -0.2) is 9.98 Å². The molecule has 0 aromatic carbocycles. The minimum atomic E-state index is 0.128. The number of pyridine rings is 1. The van der Waals surface area contributed by atoms with Crippen LogP contribution in [0.1, 0.15) is 31.2 Å². The van der Waals surface area contributed by atoms with Gasteiger partial charge in [-0.3, -0.25) is 0 Å². The second-order valence-corrected chi connectivity index (χ2v) is 7.20. The van der Waals surface area contributed by atoms with Crippen molar-refractivity contribution in [1.82, 2.24) is 19.6 Å². The number of hydrogen-bond acceptors (Lipinski definition) is 4. The fourth-order valence-electron chi connectivity index (χ4n) is 3.85. The predicted molar refractivity (Wildman–Crippen MR) is 105 cm³/mol. The summed E-state index contributed by atoms with van der Waals surface area (Å²) in [4.78, 5) is 11.8. The van der Waals surface area contributed by atoms with Gasteiger partial charge in [0.25, 0.3) is 0 Å². The fraction of sp³-hybridized carbons (Fsp3) is 0.600. The molecule has 4 rings (SSSR count). The molecule has 2 atom stereocenters. The minimum Gasteiger partial charge on any atom is -0.375 e. The summed E-state index contributed by atoms with van der Waals surface area (Å²) < 4.78 is 13.9. The van der Waals surface area contributed by atoms with E-state index in [-0.39, 0.29) is 12.2 Å². The van der Waals surface area contributed by atoms with Crippen LogP contribution in [0.3, 0.4) is 0 Å². The third-order valence-electron chi connectivity index (χ3n) is 5.24. The third kappa shape index (κ3) is 4.09. The Hall–Kier alpha value is -2.12. The Kier molecular flexibility index (Phi) is 5.59. The number of aromatic nitrogens is 2. The largest absolute Gasteiger partial charge is 0.375 e. The van der Waals surface area contributed by atoms with Crippen LogP contribution in [0.15, 0.2) is 29.4 Å². The van der Waals surface area contributed by atoms with Crippen LogP contribution in [0.25, 0.3) is 5.65 Å². The molecule has 0 aliphatic carbocycles. The molecule has 0 bridgehead atoms. The van der Waals surface area contributed by atoms with E-state index < -0.39 is 0 Å². The van der Waals surface area contributed by atoms with Crippen LogP contribution in [-0.2, 0) is 16.0 Å². The highest BCUT2D eigenvalue weighted by Crippen LogP contribution is 2.21. The summed E-state index contributed by atoms with van der Waals surface area (Å²) in [5, 5.41) is 3.42. The Morgan fingerprint density at radius 2 is 2.19 bits per heavy atom. The standard InChI is InChI=1S/C20H29N5O2/c1-3-21-20(24-9-11-27-18(14-24)17-7-5-10-26-17)22-12-16-13-25-15(2)6-4-8-19(25)23-16/h4,6,8,13,17-18H,3,5,7,9-12,14H2,1-2H3,(H,21,22). The molecule has 2 aromatic heterocycles. The number of fused-ring (bicyclic) bond motifs is 1. The van der Waals surface area contributed by atoms with Crippen LogP contribution in [0.5, 0.6) is 0 Å². The number of imidazole rings is 1. The highest BCUT2D eigenvalue weighted by molar-refractivity contribution is 5.80. The van der Waals surface area contributed by atoms with E-state index in [1.54, 1.807) is 0 Å². The average molecular weight is 371 g/mol. The maximum atomic E-state index is 5.97. The number of guanidine groups is 1. The molecule has 0 saturated carbocycles. The molecular weight excluding hydrogens is 342 g/mol. The SMILES string of the molecule is CCNC(=NCc1cn2c(C)cccc2n1)N1CCOC(C2CCCO2)C1. The van der Waals surface area contributed by atoms with Gasteiger partial charge in [-0.2, -0.15) is 0 Å². The summed E-state index contributed by atoms with van der Waals surface area (Å²) in [6.07, 6.45) is 4.64. The molecule has 2 unspecified atom stereocenters. The van der Waals surface area contributed by atoms with E-state index in [1.807, 2.05) is 12.1 Å². The third-order valence-corrected chi connectivity index (χ3v) is 5.24. The van der Waals surface area contributed by atoms with Crippen molar-refractivity contribution in [2.24, 2.45) is 4.99 Å². The summed E-state index contributed by atoms with van der Waals surface area (Å²) in [6, 6.07) is 6.15. The van der Waals surface area contributed by atoms with Crippen molar-refractivity contribution in [3.05, 3.63) is 35.8 Å². The van der Waals surface area contributed by atoms with Crippen LogP contribution < -0.4 is 5.32 Å². The van der Waals surface area contributed by atoms with Crippen molar-refractivity contribution in [1.29, 1.82) is 0 Å². The zero-order chi connectivity index (χ0) is 18.6. The van der Waals surface area contributed by atoms with Gasteiger partial charge in [0.2, 0.25) is 0 Å². The van der Waals surface area contributed by atoms with E-state index in [0.29, 0.717) is 13.2 Å². The first-order valence-electron chi connectivity index (χ1n) is 9.94. The first-order valence-corrected chi connectivity index (χ1v) is 9.94. The summed E-state index contributed by atoms with van der Waals surface area (Å²) >= 11 is 0. The van der Waals surface area contributed by atoms with E-state index in [2.05, 4.69) is 40.7 Å². The zero-order valence-electron chi connectivity index (χ0n) is 16.2. The topological polar surface area (TPSA) is 63.4 Å². The molecule has 2 saturated heterocycles. The van der Waals surface area contributed by atoms with Gasteiger partial charge in [0.05, 0.1) is 24.9 Å². The molecule has 2 aromatic rings. The number of morpholine rings is 1. The molecule has 146 valence electrons. The molecule has 0 amide bonds. The lowest BCUT2D eigenvalue weighted by molar-refractivity contribution is -0.0817. The van der Waals surface area contributed by atoms with Gasteiger partial charge in [0.1, 0.15) is 11.8 Å². The smallest absolute Gasteiger partial charge is 0.194 e. The maximum absolute atomic E-state index is 5.97. The van der Waals surface area contributed by atoms with Gasteiger partial charge in [0.15, 0.2) is 5.96 Å². The van der Waals surface area contributed by atoms with Gasteiger partial charge >= 0.3 is 0 Å². The Balaban J connectivity index is 1.47. The lowest BCUT2D eigenvalue weighted by atomic mass is 10.1. The second-order valence-electron chi connectivity index (χ2n) is 7.20. The Morgan fingerprint density at radius 1 is 1.30 bits per heavy atom. The number of hydrogen-bond donors (Lipinski definition) is 1. The number of nitrogens with zero attached hydrogens (tertiary/aromatic N) is 4. The summed E-state index contributed by atoms with van der Waals surface area (Å²) in [6.45, 7) is 8.82. The zero-order valence-corrected chi connectivity index (χ0v) is 16.2. The van der Waals surface area contributed by atoms with E-state index in [1.165, 1.54) is 5.69 Å². The average Bonchev–Trinajstić information content (AvgIpc) is 3.35. The van der Waals surface area contributed by atoms with Crippen LogP contribution >= 0.6 is 0 Å². The molecule has 4 heterocycles.